The number of benzene rings is 1. The predicted molar refractivity (Wildman–Crippen MR) is 180 cm³/mol. The van der Waals surface area contributed by atoms with E-state index in [9.17, 15) is 28.8 Å². The highest BCUT2D eigenvalue weighted by atomic mass is 16.4. The molecule has 0 saturated heterocycles. The third-order valence-corrected chi connectivity index (χ3v) is 6.76. The number of carbonyl (C=O) groups is 6. The van der Waals surface area contributed by atoms with Crippen LogP contribution in [-0.4, -0.2) is 71.6 Å². The van der Waals surface area contributed by atoms with Crippen molar-refractivity contribution < 1.29 is 64.5 Å². The van der Waals surface area contributed by atoms with Gasteiger partial charge in [-0.2, -0.15) is 0 Å². The minimum Gasteiger partial charge on any atom is -0.507 e. The lowest BCUT2D eigenvalue weighted by Gasteiger charge is -2.03. The Balaban J connectivity index is -0.000000609. The summed E-state index contributed by atoms with van der Waals surface area (Å²) in [5, 5.41) is 58.0. The summed E-state index contributed by atoms with van der Waals surface area (Å²) in [6, 6.07) is 5.81. The van der Waals surface area contributed by atoms with E-state index in [0.717, 1.165) is 12.8 Å². The average Bonchev–Trinajstić information content (AvgIpc) is 3.01. The van der Waals surface area contributed by atoms with Gasteiger partial charge in [0.05, 0.1) is 12.3 Å². The highest BCUT2D eigenvalue weighted by Crippen LogP contribution is 2.15. The van der Waals surface area contributed by atoms with Crippen LogP contribution in [0.15, 0.2) is 36.4 Å². The third-order valence-electron chi connectivity index (χ3n) is 6.76. The SMILES string of the molecule is CCC(CC(=O)O)C(=O)O.CCCCCCCCCCCCCCCCCC(=O)O.O=C(O)C=CC(=O)O.O=C(O)c1ccccc1O. The molecular weight excluding hydrogens is 628 g/mol. The summed E-state index contributed by atoms with van der Waals surface area (Å²) in [5.74, 6) is -7.32. The first-order valence-electron chi connectivity index (χ1n) is 16.5. The van der Waals surface area contributed by atoms with Gasteiger partial charge in [0.1, 0.15) is 11.3 Å². The number of rotatable bonds is 23. The predicted octanol–water partition coefficient (Wildman–Crippen LogP) is 7.71. The fraction of sp³-hybridized carbons (Fsp3) is 0.600. The molecule has 48 heavy (non-hydrogen) atoms. The molecule has 0 bridgehead atoms. The molecule has 0 aliphatic heterocycles. The van der Waals surface area contributed by atoms with Crippen molar-refractivity contribution in [2.45, 2.75) is 129 Å². The molecule has 1 atom stereocenters. The molecule has 0 amide bonds. The maximum absolute atomic E-state index is 10.3. The number of aromatic carboxylic acids is 1. The maximum Gasteiger partial charge on any atom is 0.339 e. The Morgan fingerprint density at radius 2 is 0.979 bits per heavy atom. The standard InChI is InChI=1S/C18H36O2.C7H6O3.C6H10O4.C4H4O4/c1-2-3-4-5-6-7-8-9-10-11-12-13-14-15-16-17-18(19)20;8-6-4-2-1-3-5(6)7(9)10;1-2-4(6(9)10)3-5(7)8;5-3(6)1-2-4(7)8/h2-17H2,1H3,(H,19,20);1-4,8H,(H,9,10);4H,2-3H2,1H3,(H,7,8)(H,9,10);1-2H,(H,5,6)(H,7,8). The molecule has 0 radical (unpaired) electrons. The van der Waals surface area contributed by atoms with Gasteiger partial charge in [-0.25, -0.2) is 14.4 Å². The van der Waals surface area contributed by atoms with E-state index in [1.54, 1.807) is 19.1 Å². The van der Waals surface area contributed by atoms with Gasteiger partial charge in [0.15, 0.2) is 0 Å². The summed E-state index contributed by atoms with van der Waals surface area (Å²) in [7, 11) is 0. The zero-order valence-electron chi connectivity index (χ0n) is 28.3. The Bertz CT molecular complexity index is 1050. The number of unbranched alkanes of at least 4 members (excludes halogenated alkanes) is 14. The first-order valence-corrected chi connectivity index (χ1v) is 16.5. The van der Waals surface area contributed by atoms with E-state index >= 15 is 0 Å². The number of carboxylic acids is 6. The van der Waals surface area contributed by atoms with E-state index in [0.29, 0.717) is 25.0 Å². The molecular formula is C35H56O13. The Morgan fingerprint density at radius 3 is 1.23 bits per heavy atom. The van der Waals surface area contributed by atoms with Gasteiger partial charge in [-0.15, -0.1) is 0 Å². The summed E-state index contributed by atoms with van der Waals surface area (Å²) < 4.78 is 0. The largest absolute Gasteiger partial charge is 0.507 e. The fourth-order valence-electron chi connectivity index (χ4n) is 4.06. The molecule has 0 heterocycles. The highest BCUT2D eigenvalue weighted by molar-refractivity contribution is 5.90. The quantitative estimate of drug-likeness (QED) is 0.0432. The topological polar surface area (TPSA) is 244 Å². The van der Waals surface area contributed by atoms with Crippen LogP contribution in [-0.2, 0) is 24.0 Å². The summed E-state index contributed by atoms with van der Waals surface area (Å²) in [6.07, 6.45) is 21.4. The van der Waals surface area contributed by atoms with E-state index in [1.165, 1.54) is 95.6 Å². The number of phenols is 1. The van der Waals surface area contributed by atoms with Crippen molar-refractivity contribution in [3.63, 3.8) is 0 Å². The number of hydrogen-bond donors (Lipinski definition) is 7. The van der Waals surface area contributed by atoms with Crippen molar-refractivity contribution in [1.29, 1.82) is 0 Å². The van der Waals surface area contributed by atoms with Gasteiger partial charge < -0.3 is 35.7 Å². The van der Waals surface area contributed by atoms with Gasteiger partial charge in [-0.3, -0.25) is 14.4 Å². The fourth-order valence-corrected chi connectivity index (χ4v) is 4.06. The lowest BCUT2D eigenvalue weighted by atomic mass is 10.0. The zero-order chi connectivity index (χ0) is 37.2. The summed E-state index contributed by atoms with van der Waals surface area (Å²) in [4.78, 5) is 59.9. The number of aliphatic carboxylic acids is 5. The van der Waals surface area contributed by atoms with Crippen LogP contribution in [0.5, 0.6) is 5.75 Å². The molecule has 13 nitrogen and oxygen atoms in total. The second-order valence-corrected chi connectivity index (χ2v) is 11.0. The normalized spacial score (nSPS) is 10.6. The van der Waals surface area contributed by atoms with Crippen LogP contribution in [0.3, 0.4) is 0 Å². The Labute approximate surface area is 283 Å². The van der Waals surface area contributed by atoms with Crippen LogP contribution in [0.25, 0.3) is 0 Å². The average molecular weight is 685 g/mol. The number of para-hydroxylation sites is 1. The minimum atomic E-state index is -1.26. The lowest BCUT2D eigenvalue weighted by molar-refractivity contribution is -0.148. The molecule has 13 heteroatoms. The van der Waals surface area contributed by atoms with Crippen molar-refractivity contribution in [3.8, 4) is 5.75 Å². The van der Waals surface area contributed by atoms with Crippen LogP contribution in [0.2, 0.25) is 0 Å². The van der Waals surface area contributed by atoms with Crippen LogP contribution >= 0.6 is 0 Å². The molecule has 0 aliphatic carbocycles. The zero-order valence-corrected chi connectivity index (χ0v) is 28.3. The molecule has 0 spiro atoms. The maximum atomic E-state index is 10.3. The monoisotopic (exact) mass is 684 g/mol. The molecule has 0 aliphatic rings. The van der Waals surface area contributed by atoms with E-state index in [4.69, 9.17) is 35.7 Å². The Morgan fingerprint density at radius 1 is 0.583 bits per heavy atom. The van der Waals surface area contributed by atoms with E-state index in [2.05, 4.69) is 6.92 Å². The molecule has 0 aromatic heterocycles. The number of aromatic hydroxyl groups is 1. The Hall–Kier alpha value is -4.42. The molecule has 7 N–H and O–H groups in total. The number of hydrogen-bond acceptors (Lipinski definition) is 7. The second-order valence-electron chi connectivity index (χ2n) is 11.0. The first kappa shape index (κ1) is 48.0. The van der Waals surface area contributed by atoms with E-state index in [1.807, 2.05) is 0 Å². The van der Waals surface area contributed by atoms with Crippen molar-refractivity contribution >= 4 is 35.8 Å². The minimum absolute atomic E-state index is 0.0671. The van der Waals surface area contributed by atoms with Gasteiger partial charge >= 0.3 is 35.8 Å². The molecule has 0 saturated carbocycles. The van der Waals surface area contributed by atoms with Crippen molar-refractivity contribution in [2.75, 3.05) is 0 Å². The smallest absolute Gasteiger partial charge is 0.339 e. The van der Waals surface area contributed by atoms with Crippen LogP contribution in [0.4, 0.5) is 0 Å². The lowest BCUT2D eigenvalue weighted by Crippen LogP contribution is -2.16. The van der Waals surface area contributed by atoms with Crippen molar-refractivity contribution in [3.05, 3.63) is 42.0 Å². The van der Waals surface area contributed by atoms with Crippen LogP contribution in [0.1, 0.15) is 140 Å². The summed E-state index contributed by atoms with van der Waals surface area (Å²) >= 11 is 0. The van der Waals surface area contributed by atoms with Crippen LogP contribution in [0, 0.1) is 5.92 Å². The Kier molecular flexibility index (Phi) is 33.9. The van der Waals surface area contributed by atoms with Crippen molar-refractivity contribution in [2.24, 2.45) is 5.92 Å². The number of carboxylic acid groups (broad SMARTS) is 6. The molecule has 1 aromatic rings. The van der Waals surface area contributed by atoms with Crippen molar-refractivity contribution in [1.82, 2.24) is 0 Å². The molecule has 1 unspecified atom stereocenters. The highest BCUT2D eigenvalue weighted by Gasteiger charge is 2.17. The van der Waals surface area contributed by atoms with Gasteiger partial charge in [0, 0.05) is 18.6 Å². The molecule has 274 valence electrons. The van der Waals surface area contributed by atoms with E-state index in [-0.39, 0.29) is 17.7 Å². The molecule has 1 aromatic carbocycles. The van der Waals surface area contributed by atoms with Gasteiger partial charge in [0.2, 0.25) is 0 Å². The summed E-state index contributed by atoms with van der Waals surface area (Å²) in [5.41, 5.74) is -0.0671. The van der Waals surface area contributed by atoms with E-state index < -0.39 is 41.7 Å². The second kappa shape index (κ2) is 33.9. The molecule has 0 fully saturated rings. The van der Waals surface area contributed by atoms with Gasteiger partial charge in [-0.1, -0.05) is 116 Å². The third kappa shape index (κ3) is 37.8. The van der Waals surface area contributed by atoms with Crippen LogP contribution < -0.4 is 0 Å². The summed E-state index contributed by atoms with van der Waals surface area (Å²) in [6.45, 7) is 3.92. The molecule has 1 rings (SSSR count). The van der Waals surface area contributed by atoms with Gasteiger partial charge in [0.25, 0.3) is 0 Å². The first-order chi connectivity index (χ1) is 22.7. The van der Waals surface area contributed by atoms with Gasteiger partial charge in [-0.05, 0) is 25.0 Å².